The minimum atomic E-state index is -4.27. The van der Waals surface area contributed by atoms with Crippen LogP contribution in [0.1, 0.15) is 18.4 Å². The van der Waals surface area contributed by atoms with Crippen molar-refractivity contribution in [3.8, 4) is 5.75 Å². The van der Waals surface area contributed by atoms with Crippen LogP contribution in [0, 0.1) is 0 Å². The van der Waals surface area contributed by atoms with Gasteiger partial charge in [-0.05, 0) is 17.7 Å². The molecule has 0 heterocycles. The number of hydrogen-bond acceptors (Lipinski definition) is 2. The van der Waals surface area contributed by atoms with E-state index in [2.05, 4.69) is 0 Å². The lowest BCUT2D eigenvalue weighted by atomic mass is 10.1. The summed E-state index contributed by atoms with van der Waals surface area (Å²) in [4.78, 5) is 11.3. The number of carbonyl (C=O) groups is 1. The zero-order valence-electron chi connectivity index (χ0n) is 9.38. The molecule has 5 heteroatoms. The number of ketones is 1. The van der Waals surface area contributed by atoms with Crippen molar-refractivity contribution in [2.24, 2.45) is 0 Å². The molecule has 0 aromatic heterocycles. The highest BCUT2D eigenvalue weighted by molar-refractivity contribution is 5.80. The van der Waals surface area contributed by atoms with Gasteiger partial charge in [0, 0.05) is 12.8 Å². The second-order valence-corrected chi connectivity index (χ2v) is 3.68. The fourth-order valence-electron chi connectivity index (χ4n) is 1.34. The maximum Gasteiger partial charge on any atom is 0.389 e. The predicted octanol–water partition coefficient (Wildman–Crippen LogP) is 3.15. The van der Waals surface area contributed by atoms with E-state index in [1.807, 2.05) is 0 Å². The lowest BCUT2D eigenvalue weighted by molar-refractivity contribution is -0.143. The summed E-state index contributed by atoms with van der Waals surface area (Å²) in [7, 11) is 1.52. The third kappa shape index (κ3) is 5.38. The van der Waals surface area contributed by atoms with Crippen molar-refractivity contribution >= 4 is 5.78 Å². The Kier molecular flexibility index (Phi) is 4.54. The highest BCUT2D eigenvalue weighted by Crippen LogP contribution is 2.22. The average Bonchev–Trinajstić information content (AvgIpc) is 2.27. The Labute approximate surface area is 97.4 Å². The van der Waals surface area contributed by atoms with E-state index in [-0.39, 0.29) is 6.42 Å². The number of halogens is 3. The Morgan fingerprint density at radius 2 is 1.82 bits per heavy atom. The Morgan fingerprint density at radius 1 is 1.24 bits per heavy atom. The molecule has 0 amide bonds. The van der Waals surface area contributed by atoms with Crippen LogP contribution < -0.4 is 4.74 Å². The van der Waals surface area contributed by atoms with E-state index in [1.54, 1.807) is 24.3 Å². The van der Waals surface area contributed by atoms with Gasteiger partial charge >= 0.3 is 6.18 Å². The van der Waals surface area contributed by atoms with Crippen LogP contribution in [0.2, 0.25) is 0 Å². The predicted molar refractivity (Wildman–Crippen MR) is 57.0 cm³/mol. The van der Waals surface area contributed by atoms with E-state index in [0.29, 0.717) is 11.3 Å². The average molecular weight is 246 g/mol. The molecule has 0 fully saturated rings. The van der Waals surface area contributed by atoms with E-state index >= 15 is 0 Å². The molecule has 0 bridgehead atoms. The molecule has 1 rings (SSSR count). The summed E-state index contributed by atoms with van der Waals surface area (Å²) < 4.78 is 40.6. The van der Waals surface area contributed by atoms with Crippen molar-refractivity contribution < 1.29 is 22.7 Å². The Bertz CT molecular complexity index is 368. The normalized spacial score (nSPS) is 11.3. The Balaban J connectivity index is 2.45. The first-order valence-electron chi connectivity index (χ1n) is 5.12. The smallest absolute Gasteiger partial charge is 0.389 e. The van der Waals surface area contributed by atoms with Gasteiger partial charge in [-0.1, -0.05) is 12.1 Å². The monoisotopic (exact) mass is 246 g/mol. The number of rotatable bonds is 5. The van der Waals surface area contributed by atoms with Crippen molar-refractivity contribution in [2.75, 3.05) is 7.11 Å². The summed E-state index contributed by atoms with van der Waals surface area (Å²) in [6, 6.07) is 6.69. The molecule has 0 saturated carbocycles. The third-order valence-electron chi connectivity index (χ3n) is 2.25. The summed E-state index contributed by atoms with van der Waals surface area (Å²) in [6.07, 6.45) is -5.76. The number of benzene rings is 1. The van der Waals surface area contributed by atoms with Crippen molar-refractivity contribution in [3.05, 3.63) is 29.8 Å². The fourth-order valence-corrected chi connectivity index (χ4v) is 1.34. The Morgan fingerprint density at radius 3 is 2.29 bits per heavy atom. The minimum Gasteiger partial charge on any atom is -0.497 e. The molecule has 0 aliphatic carbocycles. The molecule has 0 unspecified atom stereocenters. The lowest BCUT2D eigenvalue weighted by Crippen LogP contribution is -2.12. The van der Waals surface area contributed by atoms with Crippen LogP contribution in [0.3, 0.4) is 0 Å². The first kappa shape index (κ1) is 13.5. The van der Waals surface area contributed by atoms with Gasteiger partial charge in [0.2, 0.25) is 0 Å². The summed E-state index contributed by atoms with van der Waals surface area (Å²) in [6.45, 7) is 0. The number of ether oxygens (including phenoxy) is 1. The summed E-state index contributed by atoms with van der Waals surface area (Å²) in [5.41, 5.74) is 0.693. The molecule has 17 heavy (non-hydrogen) atoms. The van der Waals surface area contributed by atoms with Gasteiger partial charge in [0.1, 0.15) is 11.5 Å². The van der Waals surface area contributed by atoms with E-state index in [0.717, 1.165) is 0 Å². The largest absolute Gasteiger partial charge is 0.497 e. The fraction of sp³-hybridized carbons (Fsp3) is 0.417. The van der Waals surface area contributed by atoms with Gasteiger partial charge in [-0.2, -0.15) is 13.2 Å². The van der Waals surface area contributed by atoms with Gasteiger partial charge in [-0.3, -0.25) is 4.79 Å². The molecule has 0 aliphatic rings. The molecule has 94 valence electrons. The van der Waals surface area contributed by atoms with Crippen LogP contribution in [0.25, 0.3) is 0 Å². The molecule has 1 aromatic rings. The first-order valence-corrected chi connectivity index (χ1v) is 5.12. The van der Waals surface area contributed by atoms with Crippen molar-refractivity contribution in [1.82, 2.24) is 0 Å². The molecule has 0 aliphatic heterocycles. The molecule has 2 nitrogen and oxygen atoms in total. The highest BCUT2D eigenvalue weighted by atomic mass is 19.4. The summed E-state index contributed by atoms with van der Waals surface area (Å²) >= 11 is 0. The molecule has 0 saturated heterocycles. The molecule has 0 spiro atoms. The maximum absolute atomic E-state index is 11.9. The summed E-state index contributed by atoms with van der Waals surface area (Å²) in [5.74, 6) is 0.240. The van der Waals surface area contributed by atoms with Crippen LogP contribution in [0.15, 0.2) is 24.3 Å². The van der Waals surface area contributed by atoms with Crippen molar-refractivity contribution in [1.29, 1.82) is 0 Å². The van der Waals surface area contributed by atoms with Gasteiger partial charge in [-0.15, -0.1) is 0 Å². The number of alkyl halides is 3. The number of methoxy groups -OCH3 is 1. The van der Waals surface area contributed by atoms with Crippen LogP contribution >= 0.6 is 0 Å². The van der Waals surface area contributed by atoms with Crippen LogP contribution in [0.5, 0.6) is 5.75 Å². The molecular formula is C12H13F3O2. The van der Waals surface area contributed by atoms with Crippen molar-refractivity contribution in [3.63, 3.8) is 0 Å². The van der Waals surface area contributed by atoms with E-state index in [1.165, 1.54) is 7.11 Å². The summed E-state index contributed by atoms with van der Waals surface area (Å²) in [5, 5.41) is 0. The van der Waals surface area contributed by atoms with Crippen LogP contribution in [0.4, 0.5) is 13.2 Å². The topological polar surface area (TPSA) is 26.3 Å². The first-order chi connectivity index (χ1) is 7.90. The van der Waals surface area contributed by atoms with Crippen LogP contribution in [-0.2, 0) is 11.2 Å². The van der Waals surface area contributed by atoms with E-state index < -0.39 is 24.8 Å². The van der Waals surface area contributed by atoms with Gasteiger partial charge in [0.25, 0.3) is 0 Å². The number of hydrogen-bond donors (Lipinski definition) is 0. The van der Waals surface area contributed by atoms with Crippen LogP contribution in [-0.4, -0.2) is 19.1 Å². The van der Waals surface area contributed by atoms with Gasteiger partial charge < -0.3 is 4.74 Å². The molecule has 0 N–H and O–H groups in total. The second-order valence-electron chi connectivity index (χ2n) is 3.68. The lowest BCUT2D eigenvalue weighted by Gasteiger charge is -2.06. The van der Waals surface area contributed by atoms with Gasteiger partial charge in [0.15, 0.2) is 0 Å². The molecule has 0 radical (unpaired) electrons. The van der Waals surface area contributed by atoms with Gasteiger partial charge in [-0.25, -0.2) is 0 Å². The molecule has 0 atom stereocenters. The SMILES string of the molecule is COc1ccc(CC(=O)CCC(F)(F)F)cc1. The zero-order chi connectivity index (χ0) is 12.9. The number of Topliss-reactive ketones (excluding diaryl/α,β-unsaturated/α-hetero) is 1. The van der Waals surface area contributed by atoms with Crippen molar-refractivity contribution in [2.45, 2.75) is 25.4 Å². The quantitative estimate of drug-likeness (QED) is 0.797. The molecule has 1 aromatic carbocycles. The van der Waals surface area contributed by atoms with Gasteiger partial charge in [0.05, 0.1) is 13.5 Å². The highest BCUT2D eigenvalue weighted by Gasteiger charge is 2.27. The molecular weight excluding hydrogens is 233 g/mol. The minimum absolute atomic E-state index is 0.0279. The zero-order valence-corrected chi connectivity index (χ0v) is 9.38. The third-order valence-corrected chi connectivity index (χ3v) is 2.25. The van der Waals surface area contributed by atoms with E-state index in [9.17, 15) is 18.0 Å². The standard InChI is InChI=1S/C12H13F3O2/c1-17-11-4-2-9(3-5-11)8-10(16)6-7-12(13,14)15/h2-5H,6-8H2,1H3. The Hall–Kier alpha value is -1.52. The number of carbonyl (C=O) groups excluding carboxylic acids is 1. The second kappa shape index (κ2) is 5.70. The maximum atomic E-state index is 11.9. The van der Waals surface area contributed by atoms with E-state index in [4.69, 9.17) is 4.74 Å².